The molecule has 1 aromatic heterocycles. The van der Waals surface area contributed by atoms with Gasteiger partial charge in [-0.2, -0.15) is 11.8 Å². The third-order valence-corrected chi connectivity index (χ3v) is 4.55. The van der Waals surface area contributed by atoms with Gasteiger partial charge < -0.3 is 5.73 Å². The van der Waals surface area contributed by atoms with Crippen molar-refractivity contribution < 1.29 is 0 Å². The Labute approximate surface area is 80.6 Å². The molecule has 0 saturated carbocycles. The van der Waals surface area contributed by atoms with Crippen molar-refractivity contribution in [2.75, 3.05) is 5.75 Å². The molecule has 66 valence electrons. The average molecular weight is 200 g/mol. The number of nitrogens with zero attached hydrogens (tertiary/aromatic N) is 1. The first-order chi connectivity index (χ1) is 5.71. The van der Waals surface area contributed by atoms with E-state index in [9.17, 15) is 0 Å². The van der Waals surface area contributed by atoms with Gasteiger partial charge in [0.25, 0.3) is 0 Å². The zero-order valence-electron chi connectivity index (χ0n) is 6.99. The molecule has 2 heterocycles. The van der Waals surface area contributed by atoms with Crippen LogP contribution in [0.25, 0.3) is 0 Å². The molecule has 2 atom stereocenters. The highest BCUT2D eigenvalue weighted by molar-refractivity contribution is 8.00. The molecule has 4 heteroatoms. The summed E-state index contributed by atoms with van der Waals surface area (Å²) in [6.07, 6.45) is 2.90. The minimum atomic E-state index is -0.141. The SMILES string of the molecule is CC1CC(N)(c2nccs2)CS1. The smallest absolute Gasteiger partial charge is 0.113 e. The first-order valence-corrected chi connectivity index (χ1v) is 5.94. The van der Waals surface area contributed by atoms with Crippen LogP contribution in [0.15, 0.2) is 11.6 Å². The maximum absolute atomic E-state index is 6.24. The topological polar surface area (TPSA) is 38.9 Å². The second-order valence-electron chi connectivity index (χ2n) is 3.32. The van der Waals surface area contributed by atoms with Gasteiger partial charge in [-0.15, -0.1) is 11.3 Å². The minimum Gasteiger partial charge on any atom is -0.319 e. The molecule has 1 aromatic rings. The Morgan fingerprint density at radius 2 is 2.58 bits per heavy atom. The van der Waals surface area contributed by atoms with Crippen molar-refractivity contribution in [2.45, 2.75) is 24.1 Å². The van der Waals surface area contributed by atoms with Crippen molar-refractivity contribution in [3.05, 3.63) is 16.6 Å². The molecule has 2 unspecified atom stereocenters. The summed E-state index contributed by atoms with van der Waals surface area (Å²) < 4.78 is 0. The molecule has 1 aliphatic heterocycles. The predicted molar refractivity (Wildman–Crippen MR) is 54.5 cm³/mol. The van der Waals surface area contributed by atoms with E-state index in [1.54, 1.807) is 11.3 Å². The number of thioether (sulfide) groups is 1. The lowest BCUT2D eigenvalue weighted by atomic mass is 9.99. The summed E-state index contributed by atoms with van der Waals surface area (Å²) in [5.74, 6) is 1.02. The first kappa shape index (κ1) is 8.53. The van der Waals surface area contributed by atoms with Crippen LogP contribution in [0.2, 0.25) is 0 Å². The van der Waals surface area contributed by atoms with Crippen LogP contribution in [0.5, 0.6) is 0 Å². The Morgan fingerprint density at radius 1 is 1.75 bits per heavy atom. The van der Waals surface area contributed by atoms with E-state index < -0.39 is 0 Å². The molecular weight excluding hydrogens is 188 g/mol. The summed E-state index contributed by atoms with van der Waals surface area (Å²) >= 11 is 3.62. The van der Waals surface area contributed by atoms with Gasteiger partial charge in [-0.3, -0.25) is 0 Å². The Hall–Kier alpha value is -0.0600. The molecule has 0 amide bonds. The summed E-state index contributed by atoms with van der Waals surface area (Å²) in [6, 6.07) is 0. The van der Waals surface area contributed by atoms with Gasteiger partial charge in [0.1, 0.15) is 5.01 Å². The first-order valence-electron chi connectivity index (χ1n) is 4.01. The van der Waals surface area contributed by atoms with Crippen LogP contribution in [0.3, 0.4) is 0 Å². The molecule has 2 nitrogen and oxygen atoms in total. The van der Waals surface area contributed by atoms with Gasteiger partial charge in [-0.1, -0.05) is 6.92 Å². The summed E-state index contributed by atoms with van der Waals surface area (Å²) in [5.41, 5.74) is 6.10. The number of aromatic nitrogens is 1. The van der Waals surface area contributed by atoms with Crippen molar-refractivity contribution >= 4 is 23.1 Å². The third-order valence-electron chi connectivity index (χ3n) is 2.14. The van der Waals surface area contributed by atoms with E-state index in [4.69, 9.17) is 5.73 Å². The van der Waals surface area contributed by atoms with Gasteiger partial charge in [0.05, 0.1) is 5.54 Å². The van der Waals surface area contributed by atoms with Crippen LogP contribution in [0.1, 0.15) is 18.4 Å². The summed E-state index contributed by atoms with van der Waals surface area (Å²) in [6.45, 7) is 2.23. The zero-order valence-corrected chi connectivity index (χ0v) is 8.62. The zero-order chi connectivity index (χ0) is 8.60. The lowest BCUT2D eigenvalue weighted by Crippen LogP contribution is -2.36. The maximum atomic E-state index is 6.24. The van der Waals surface area contributed by atoms with E-state index in [0.717, 1.165) is 17.2 Å². The molecule has 12 heavy (non-hydrogen) atoms. The summed E-state index contributed by atoms with van der Waals surface area (Å²) in [5, 5.41) is 3.77. The molecule has 1 fully saturated rings. The number of hydrogen-bond acceptors (Lipinski definition) is 4. The molecule has 0 bridgehead atoms. The average Bonchev–Trinajstić information content (AvgIpc) is 2.59. The highest BCUT2D eigenvalue weighted by atomic mass is 32.2. The fourth-order valence-electron chi connectivity index (χ4n) is 1.54. The lowest BCUT2D eigenvalue weighted by Gasteiger charge is -2.19. The van der Waals surface area contributed by atoms with Gasteiger partial charge in [0.2, 0.25) is 0 Å². The standard InChI is InChI=1S/C8H12N2S2/c1-6-4-8(9,5-12-6)7-10-2-3-11-7/h2-3,6H,4-5,9H2,1H3. The molecule has 1 aliphatic rings. The van der Waals surface area contributed by atoms with E-state index >= 15 is 0 Å². The van der Waals surface area contributed by atoms with Crippen molar-refractivity contribution in [3.8, 4) is 0 Å². The number of thiazole rings is 1. The Bertz CT molecular complexity index is 260. The Kier molecular flexibility index (Phi) is 2.14. The summed E-state index contributed by atoms with van der Waals surface area (Å²) in [7, 11) is 0. The van der Waals surface area contributed by atoms with Gasteiger partial charge in [-0.05, 0) is 6.42 Å². The Balaban J connectivity index is 2.23. The van der Waals surface area contributed by atoms with Crippen LogP contribution < -0.4 is 5.73 Å². The van der Waals surface area contributed by atoms with E-state index in [2.05, 4.69) is 11.9 Å². The minimum absolute atomic E-state index is 0.141. The second kappa shape index (κ2) is 3.01. The molecule has 2 rings (SSSR count). The number of rotatable bonds is 1. The quantitative estimate of drug-likeness (QED) is 0.751. The van der Waals surface area contributed by atoms with Gasteiger partial charge in [0.15, 0.2) is 0 Å². The second-order valence-corrected chi connectivity index (χ2v) is 5.64. The van der Waals surface area contributed by atoms with E-state index in [1.807, 2.05) is 23.3 Å². The van der Waals surface area contributed by atoms with Gasteiger partial charge >= 0.3 is 0 Å². The lowest BCUT2D eigenvalue weighted by molar-refractivity contribution is 0.482. The van der Waals surface area contributed by atoms with Crippen LogP contribution in [-0.4, -0.2) is 16.0 Å². The fraction of sp³-hybridized carbons (Fsp3) is 0.625. The van der Waals surface area contributed by atoms with Crippen molar-refractivity contribution in [1.82, 2.24) is 4.98 Å². The van der Waals surface area contributed by atoms with Crippen molar-refractivity contribution in [3.63, 3.8) is 0 Å². The predicted octanol–water partition coefficient (Wildman–Crippen LogP) is 1.82. The molecule has 2 N–H and O–H groups in total. The van der Waals surface area contributed by atoms with Crippen LogP contribution in [-0.2, 0) is 5.54 Å². The summed E-state index contributed by atoms with van der Waals surface area (Å²) in [4.78, 5) is 4.28. The monoisotopic (exact) mass is 200 g/mol. The van der Waals surface area contributed by atoms with Crippen LogP contribution in [0.4, 0.5) is 0 Å². The molecule has 0 aromatic carbocycles. The number of nitrogens with two attached hydrogens (primary N) is 1. The van der Waals surface area contributed by atoms with E-state index in [0.29, 0.717) is 5.25 Å². The molecular formula is C8H12N2S2. The third kappa shape index (κ3) is 1.39. The molecule has 1 saturated heterocycles. The highest BCUT2D eigenvalue weighted by Crippen LogP contribution is 2.39. The van der Waals surface area contributed by atoms with Crippen LogP contribution >= 0.6 is 23.1 Å². The van der Waals surface area contributed by atoms with E-state index in [-0.39, 0.29) is 5.54 Å². The molecule has 0 aliphatic carbocycles. The van der Waals surface area contributed by atoms with Gasteiger partial charge in [-0.25, -0.2) is 4.98 Å². The van der Waals surface area contributed by atoms with Crippen molar-refractivity contribution in [2.24, 2.45) is 5.73 Å². The maximum Gasteiger partial charge on any atom is 0.113 e. The Morgan fingerprint density at radius 3 is 3.08 bits per heavy atom. The normalized spacial score (nSPS) is 35.7. The molecule has 0 radical (unpaired) electrons. The van der Waals surface area contributed by atoms with E-state index in [1.165, 1.54) is 0 Å². The highest BCUT2D eigenvalue weighted by Gasteiger charge is 2.37. The fourth-order valence-corrected chi connectivity index (χ4v) is 3.65. The van der Waals surface area contributed by atoms with Crippen LogP contribution in [0, 0.1) is 0 Å². The largest absolute Gasteiger partial charge is 0.319 e. The van der Waals surface area contributed by atoms with Crippen molar-refractivity contribution in [1.29, 1.82) is 0 Å². The molecule has 0 spiro atoms. The van der Waals surface area contributed by atoms with Gasteiger partial charge in [0, 0.05) is 22.6 Å². The number of hydrogen-bond donors (Lipinski definition) is 1.